The van der Waals surface area contributed by atoms with Crippen LogP contribution in [-0.2, 0) is 28.6 Å². The molecule has 9 N–H and O–H groups in total. The Morgan fingerprint density at radius 3 is 1.16 bits per heavy atom. The number of ketones is 1. The van der Waals surface area contributed by atoms with Gasteiger partial charge in [-0.3, -0.25) is 9.59 Å². The monoisotopic (exact) mass is 1450 g/mol. The standard InChI is InChI=1S/C30H51NO6.C29H51NO3.C27H45NO5/c1-17(8-11-25(34)36-7)20-9-10-21-26-22(16-24(33)30(20,21)6)29(5)13-12-19(14-18(29)15-23(26)32)37-27(35)31-28(2,3)4;1-17-12-13-28(6)19(14-17)15-23(31)26-21-10-9-20(29(21,7)24(32)16-22(26)28)18(2)8-11-25(33)30-27(3,4)5;1-15(6-7-16(2)29)19-8-9-20-24-21(14-23(31)27(19,20)4)26(3)11-10-18(33-25(32)28-5)12-17(26)13-22(24)30/h17-24,26,32-33H,8-16H2,1-7H3,(H,31,35);17-24,26,31-32H,8-16H2,1-7H3,(H,30,33);15,17-24,30-31H,6-14H2,1-5H3,(H,28,32)/t17-,18+,19-,20-,21+,22+,23-,24+,26+,29+,30-;17-,18-,19+,20-,21+,22+,23-,24+,26+,28+,29-;15-,17+,18-,19-,20+,21+,22-,23+,24+,26+,27-/m111/s1. The third-order valence-corrected chi connectivity index (χ3v) is 33.4. The Bertz CT molecular complexity index is 2950. The predicted molar refractivity (Wildman–Crippen MR) is 401 cm³/mol. The summed E-state index contributed by atoms with van der Waals surface area (Å²) in [4.78, 5) is 59.9. The van der Waals surface area contributed by atoms with E-state index in [1.54, 1.807) is 14.0 Å². The van der Waals surface area contributed by atoms with Gasteiger partial charge < -0.3 is 65.6 Å². The molecular formula is C86H147N3O14. The van der Waals surface area contributed by atoms with E-state index in [0.717, 1.165) is 141 Å². The van der Waals surface area contributed by atoms with Gasteiger partial charge >= 0.3 is 18.2 Å². The van der Waals surface area contributed by atoms with Crippen LogP contribution in [0.4, 0.5) is 9.59 Å². The van der Waals surface area contributed by atoms with E-state index in [9.17, 15) is 54.6 Å². The van der Waals surface area contributed by atoms with E-state index in [0.29, 0.717) is 96.2 Å². The van der Waals surface area contributed by atoms with Crippen LogP contribution in [0.5, 0.6) is 0 Å². The molecule has 3 amide bonds. The molecule has 0 radical (unpaired) electrons. The zero-order chi connectivity index (χ0) is 75.8. The van der Waals surface area contributed by atoms with E-state index in [-0.39, 0.29) is 140 Å². The summed E-state index contributed by atoms with van der Waals surface area (Å²) in [5.41, 5.74) is -0.751. The van der Waals surface area contributed by atoms with Crippen molar-refractivity contribution >= 4 is 29.8 Å². The van der Waals surface area contributed by atoms with E-state index < -0.39 is 12.2 Å². The quantitative estimate of drug-likeness (QED) is 0.0578. The topological polar surface area (TPSA) is 271 Å². The van der Waals surface area contributed by atoms with E-state index >= 15 is 0 Å². The lowest BCUT2D eigenvalue weighted by molar-refractivity contribution is -0.207. The molecule has 590 valence electrons. The second-order valence-corrected chi connectivity index (χ2v) is 41.0. The van der Waals surface area contributed by atoms with Crippen molar-refractivity contribution in [2.45, 2.75) is 351 Å². The summed E-state index contributed by atoms with van der Waals surface area (Å²) >= 11 is 0. The van der Waals surface area contributed by atoms with Crippen molar-refractivity contribution in [3.8, 4) is 0 Å². The lowest BCUT2D eigenvalue weighted by atomic mass is 9.42. The molecule has 0 unspecified atom stereocenters. The summed E-state index contributed by atoms with van der Waals surface area (Å²) in [6.45, 7) is 36.8. The first-order valence-corrected chi connectivity index (χ1v) is 41.8. The minimum atomic E-state index is -0.416. The van der Waals surface area contributed by atoms with Crippen molar-refractivity contribution in [3.05, 3.63) is 0 Å². The molecule has 17 nitrogen and oxygen atoms in total. The third kappa shape index (κ3) is 16.0. The van der Waals surface area contributed by atoms with Crippen LogP contribution < -0.4 is 16.0 Å². The third-order valence-electron chi connectivity index (χ3n) is 33.4. The van der Waals surface area contributed by atoms with E-state index in [1.165, 1.54) is 26.4 Å². The number of aliphatic hydroxyl groups excluding tert-OH is 6. The average molecular weight is 1450 g/mol. The van der Waals surface area contributed by atoms with Gasteiger partial charge in [0.1, 0.15) is 18.0 Å². The summed E-state index contributed by atoms with van der Waals surface area (Å²) in [6, 6.07) is 0. The zero-order valence-electron chi connectivity index (χ0n) is 67.6. The van der Waals surface area contributed by atoms with Crippen LogP contribution >= 0.6 is 0 Å². The maximum Gasteiger partial charge on any atom is 0.407 e. The number of aliphatic hydroxyl groups is 6. The molecule has 12 fully saturated rings. The lowest BCUT2D eigenvalue weighted by Gasteiger charge is -2.63. The number of nitrogens with one attached hydrogen (secondary N) is 3. The number of amides is 3. The largest absolute Gasteiger partial charge is 0.469 e. The normalized spacial score (nSPS) is 46.6. The first-order chi connectivity index (χ1) is 48.0. The van der Waals surface area contributed by atoms with Crippen LogP contribution in [0.15, 0.2) is 0 Å². The second kappa shape index (κ2) is 31.4. The number of carbonyl (C=O) groups excluding carboxylic acids is 5. The Morgan fingerprint density at radius 2 is 0.796 bits per heavy atom. The van der Waals surface area contributed by atoms with Crippen molar-refractivity contribution in [2.24, 2.45) is 145 Å². The number of hydrogen-bond acceptors (Lipinski definition) is 14. The van der Waals surface area contributed by atoms with Crippen LogP contribution in [0, 0.1) is 145 Å². The molecule has 0 aliphatic heterocycles. The molecule has 0 bridgehead atoms. The Kier molecular flexibility index (Phi) is 25.1. The molecule has 12 aliphatic carbocycles. The van der Waals surface area contributed by atoms with E-state index in [1.807, 2.05) is 41.5 Å². The summed E-state index contributed by atoms with van der Waals surface area (Å²) < 4.78 is 16.3. The first kappa shape index (κ1) is 82.4. The highest BCUT2D eigenvalue weighted by molar-refractivity contribution is 5.76. The second-order valence-electron chi connectivity index (χ2n) is 41.0. The Balaban J connectivity index is 0.000000166. The summed E-state index contributed by atoms with van der Waals surface area (Å²) in [7, 11) is 3.02. The minimum absolute atomic E-state index is 0.0289. The summed E-state index contributed by atoms with van der Waals surface area (Å²) in [6.07, 6.45) is 21.3. The van der Waals surface area contributed by atoms with Crippen LogP contribution in [0.2, 0.25) is 0 Å². The van der Waals surface area contributed by atoms with Crippen molar-refractivity contribution in [1.29, 1.82) is 0 Å². The van der Waals surface area contributed by atoms with Gasteiger partial charge in [0, 0.05) is 37.4 Å². The maximum absolute atomic E-state index is 12.4. The zero-order valence-corrected chi connectivity index (χ0v) is 67.6. The summed E-state index contributed by atoms with van der Waals surface area (Å²) in [5, 5.41) is 78.2. The first-order valence-electron chi connectivity index (χ1n) is 41.8. The number of fused-ring (bicyclic) bond motifs is 15. The number of esters is 1. The fourth-order valence-corrected chi connectivity index (χ4v) is 27.8. The number of hydrogen-bond donors (Lipinski definition) is 9. The molecule has 12 rings (SSSR count). The lowest BCUT2D eigenvalue weighted by Crippen LogP contribution is -2.62. The van der Waals surface area contributed by atoms with Crippen LogP contribution in [0.3, 0.4) is 0 Å². The van der Waals surface area contributed by atoms with Crippen molar-refractivity contribution in [3.63, 3.8) is 0 Å². The van der Waals surface area contributed by atoms with Crippen molar-refractivity contribution in [2.75, 3.05) is 14.2 Å². The molecule has 12 aliphatic rings. The number of ether oxygens (including phenoxy) is 3. The van der Waals surface area contributed by atoms with Gasteiger partial charge in [-0.2, -0.15) is 0 Å². The highest BCUT2D eigenvalue weighted by atomic mass is 16.6. The molecule has 0 aromatic heterocycles. The molecular weight excluding hydrogens is 1300 g/mol. The highest BCUT2D eigenvalue weighted by Gasteiger charge is 2.70. The molecule has 12 saturated carbocycles. The fourth-order valence-electron chi connectivity index (χ4n) is 27.8. The summed E-state index contributed by atoms with van der Waals surface area (Å²) in [5.74, 6) is 7.16. The van der Waals surface area contributed by atoms with Crippen molar-refractivity contribution < 1.29 is 68.8 Å². The number of alkyl carbamates (subject to hydrolysis) is 2. The van der Waals surface area contributed by atoms with Gasteiger partial charge in [0.05, 0.1) is 43.7 Å². The van der Waals surface area contributed by atoms with Gasteiger partial charge in [-0.1, -0.05) is 75.7 Å². The van der Waals surface area contributed by atoms with Crippen molar-refractivity contribution in [1.82, 2.24) is 16.0 Å². The SMILES string of the molecule is CNC(=O)O[C@@H]1CC[C@@]2(C)[C@@H](C1)C[C@@H](O)[C@@H]1[C@@H]2C[C@H](O)[C@]2(C)[C@@H]([C@H](C)CCC(C)=O)CC[C@@H]12.COC(=O)CC[C@@H](C)[C@H]1CC[C@H]2[C@@H]3[C@H](O)C[C@@H]4C[C@H](OC(=O)NC(C)(C)C)CC[C@]4(C)[C@H]3C[C@H](O)[C@]12C.C[C@@H]1CC[C@@]2(C)[C@@H](C1)C[C@@H](O)[C@@H]1[C@@H]2C[C@H](O)[C@]2(C)[C@@H]([C@H](C)CCC(=O)NC(C)(C)C)CC[C@@H]12. The predicted octanol–water partition coefficient (Wildman–Crippen LogP) is 14.9. The Hall–Kier alpha value is -3.09. The van der Waals surface area contributed by atoms with E-state index in [4.69, 9.17) is 14.2 Å². The number of methoxy groups -OCH3 is 1. The average Bonchev–Trinajstić information content (AvgIpc) is 1.70. The number of rotatable bonds is 14. The number of Topliss-reactive ketones (excluding diaryl/α,β-unsaturated/α-hetero) is 1. The van der Waals surface area contributed by atoms with Crippen LogP contribution in [0.25, 0.3) is 0 Å². The fraction of sp³-hybridized carbons (Fsp3) is 0.942. The van der Waals surface area contributed by atoms with Gasteiger partial charge in [0.2, 0.25) is 5.91 Å². The van der Waals surface area contributed by atoms with Gasteiger partial charge in [-0.15, -0.1) is 0 Å². The number of carbonyl (C=O) groups is 5. The molecule has 0 aromatic carbocycles. The molecule has 33 atom stereocenters. The molecule has 0 saturated heterocycles. The van der Waals surface area contributed by atoms with E-state index in [2.05, 4.69) is 85.2 Å². The van der Waals surface area contributed by atoms with Gasteiger partial charge in [-0.25, -0.2) is 9.59 Å². The Morgan fingerprint density at radius 1 is 0.447 bits per heavy atom. The van der Waals surface area contributed by atoms with Gasteiger partial charge in [0.15, 0.2) is 0 Å². The highest BCUT2D eigenvalue weighted by Crippen LogP contribution is 2.72. The molecule has 103 heavy (non-hydrogen) atoms. The molecule has 0 aromatic rings. The molecule has 17 heteroatoms. The van der Waals surface area contributed by atoms with Gasteiger partial charge in [0.25, 0.3) is 0 Å². The maximum atomic E-state index is 12.4. The van der Waals surface area contributed by atoms with Crippen LogP contribution in [-0.4, -0.2) is 135 Å². The molecule has 0 heterocycles. The van der Waals surface area contributed by atoms with Gasteiger partial charge in [-0.05, 0) is 341 Å². The Labute approximate surface area is 621 Å². The van der Waals surface area contributed by atoms with Crippen LogP contribution in [0.1, 0.15) is 291 Å². The smallest absolute Gasteiger partial charge is 0.407 e. The minimum Gasteiger partial charge on any atom is -0.469 e. The molecule has 0 spiro atoms.